The zero-order valence-electron chi connectivity index (χ0n) is 15.5. The topological polar surface area (TPSA) is 85.2 Å². The van der Waals surface area contributed by atoms with Crippen LogP contribution in [0.15, 0.2) is 30.6 Å². The van der Waals surface area contributed by atoms with Gasteiger partial charge in [-0.3, -0.25) is 9.69 Å². The Morgan fingerprint density at radius 3 is 2.74 bits per heavy atom. The molecule has 0 unspecified atom stereocenters. The van der Waals surface area contributed by atoms with Crippen LogP contribution in [0.1, 0.15) is 42.5 Å². The van der Waals surface area contributed by atoms with E-state index in [1.165, 1.54) is 25.6 Å². The molecule has 2 aromatic rings. The lowest BCUT2D eigenvalue weighted by molar-refractivity contribution is -0.0349. The van der Waals surface area contributed by atoms with E-state index >= 15 is 0 Å². The number of benzene rings is 1. The van der Waals surface area contributed by atoms with Gasteiger partial charge in [0.15, 0.2) is 0 Å². The smallest absolute Gasteiger partial charge is 0.251 e. The third kappa shape index (κ3) is 4.01. The number of rotatable bonds is 5. The van der Waals surface area contributed by atoms with Crippen molar-refractivity contribution in [3.05, 3.63) is 36.2 Å². The Labute approximate surface area is 158 Å². The average Bonchev–Trinajstić information content (AvgIpc) is 3.28. The monoisotopic (exact) mass is 370 g/mol. The molecule has 0 aliphatic carbocycles. The number of carbonyl (C=O) groups is 1. The molecule has 2 aliphatic rings. The van der Waals surface area contributed by atoms with Crippen molar-refractivity contribution in [2.24, 2.45) is 0 Å². The molecular formula is C19H26N6O2. The molecule has 1 aromatic heterocycles. The lowest BCUT2D eigenvalue weighted by atomic mass is 9.86. The predicted molar refractivity (Wildman–Crippen MR) is 99.7 cm³/mol. The van der Waals surface area contributed by atoms with Crippen LogP contribution < -0.4 is 5.32 Å². The minimum atomic E-state index is -0.0622. The third-order valence-electron chi connectivity index (χ3n) is 5.75. The van der Waals surface area contributed by atoms with Crippen molar-refractivity contribution in [3.8, 4) is 5.69 Å². The third-order valence-corrected chi connectivity index (χ3v) is 5.75. The number of ether oxygens (including phenoxy) is 1. The van der Waals surface area contributed by atoms with Crippen molar-refractivity contribution in [3.63, 3.8) is 0 Å². The summed E-state index contributed by atoms with van der Waals surface area (Å²) >= 11 is 0. The molecule has 144 valence electrons. The molecule has 1 aromatic carbocycles. The van der Waals surface area contributed by atoms with Crippen LogP contribution in [0.5, 0.6) is 0 Å². The van der Waals surface area contributed by atoms with E-state index in [0.717, 1.165) is 44.8 Å². The number of carbonyl (C=O) groups excluding carboxylic acids is 1. The van der Waals surface area contributed by atoms with Gasteiger partial charge >= 0.3 is 0 Å². The minimum absolute atomic E-state index is 0.0156. The summed E-state index contributed by atoms with van der Waals surface area (Å²) in [6.45, 7) is 4.42. The van der Waals surface area contributed by atoms with Gasteiger partial charge in [0.2, 0.25) is 0 Å². The standard InChI is InChI=1S/C19H26N6O2/c26-18(16-5-4-6-17(13-16)25-15-21-22-23-25)20-14-19(7-11-27-12-8-19)24-9-2-1-3-10-24/h4-6,13,15H,1-3,7-12,14H2,(H,20,26). The van der Waals surface area contributed by atoms with Crippen LogP contribution in [0.25, 0.3) is 5.69 Å². The summed E-state index contributed by atoms with van der Waals surface area (Å²) in [5.41, 5.74) is 1.40. The Hall–Kier alpha value is -2.32. The van der Waals surface area contributed by atoms with E-state index in [1.807, 2.05) is 24.3 Å². The summed E-state index contributed by atoms with van der Waals surface area (Å²) in [7, 11) is 0. The molecule has 3 heterocycles. The summed E-state index contributed by atoms with van der Waals surface area (Å²) in [4.78, 5) is 15.4. The first-order chi connectivity index (χ1) is 13.3. The summed E-state index contributed by atoms with van der Waals surface area (Å²) in [6, 6.07) is 7.35. The molecule has 8 heteroatoms. The van der Waals surface area contributed by atoms with E-state index in [0.29, 0.717) is 12.1 Å². The van der Waals surface area contributed by atoms with Crippen LogP contribution in [0, 0.1) is 0 Å². The Kier molecular flexibility index (Phi) is 5.45. The van der Waals surface area contributed by atoms with Gasteiger partial charge in [-0.15, -0.1) is 5.10 Å². The zero-order valence-corrected chi connectivity index (χ0v) is 15.5. The molecule has 1 N–H and O–H groups in total. The van der Waals surface area contributed by atoms with Crippen molar-refractivity contribution < 1.29 is 9.53 Å². The number of aromatic nitrogens is 4. The summed E-state index contributed by atoms with van der Waals surface area (Å²) in [6.07, 6.45) is 7.24. The SMILES string of the molecule is O=C(NCC1(N2CCCCC2)CCOCC1)c1cccc(-n2cnnn2)c1. The molecule has 8 nitrogen and oxygen atoms in total. The van der Waals surface area contributed by atoms with Gasteiger partial charge in [0.05, 0.1) is 5.69 Å². The zero-order chi connectivity index (χ0) is 18.5. The van der Waals surface area contributed by atoms with Gasteiger partial charge in [-0.25, -0.2) is 4.68 Å². The Morgan fingerprint density at radius 1 is 1.19 bits per heavy atom. The molecular weight excluding hydrogens is 344 g/mol. The fourth-order valence-corrected chi connectivity index (χ4v) is 4.14. The van der Waals surface area contributed by atoms with E-state index < -0.39 is 0 Å². The number of amides is 1. The lowest BCUT2D eigenvalue weighted by Crippen LogP contribution is -2.59. The van der Waals surface area contributed by atoms with Gasteiger partial charge < -0.3 is 10.1 Å². The Balaban J connectivity index is 1.46. The van der Waals surface area contributed by atoms with Gasteiger partial charge in [-0.1, -0.05) is 12.5 Å². The second-order valence-corrected chi connectivity index (χ2v) is 7.37. The van der Waals surface area contributed by atoms with Crippen LogP contribution in [0.3, 0.4) is 0 Å². The van der Waals surface area contributed by atoms with Crippen LogP contribution in [-0.2, 0) is 4.74 Å². The van der Waals surface area contributed by atoms with Gasteiger partial charge in [0, 0.05) is 30.9 Å². The van der Waals surface area contributed by atoms with Crippen LogP contribution in [-0.4, -0.2) is 69.4 Å². The molecule has 0 atom stereocenters. The number of piperidine rings is 1. The van der Waals surface area contributed by atoms with E-state index in [1.54, 1.807) is 4.68 Å². The van der Waals surface area contributed by atoms with Crippen LogP contribution in [0.2, 0.25) is 0 Å². The highest BCUT2D eigenvalue weighted by Crippen LogP contribution is 2.30. The first-order valence-electron chi connectivity index (χ1n) is 9.71. The first kappa shape index (κ1) is 18.1. The van der Waals surface area contributed by atoms with Crippen molar-refractivity contribution in [2.45, 2.75) is 37.6 Å². The number of nitrogens with zero attached hydrogens (tertiary/aromatic N) is 5. The Morgan fingerprint density at radius 2 is 2.00 bits per heavy atom. The summed E-state index contributed by atoms with van der Waals surface area (Å²) in [5, 5.41) is 14.4. The maximum atomic E-state index is 12.8. The van der Waals surface area contributed by atoms with Crippen LogP contribution >= 0.6 is 0 Å². The van der Waals surface area contributed by atoms with Gasteiger partial charge in [-0.05, 0) is 67.4 Å². The molecule has 4 rings (SSSR count). The number of likely N-dealkylation sites (tertiary alicyclic amines) is 1. The number of nitrogens with one attached hydrogen (secondary N) is 1. The second-order valence-electron chi connectivity index (χ2n) is 7.37. The molecule has 2 fully saturated rings. The average molecular weight is 370 g/mol. The van der Waals surface area contributed by atoms with E-state index in [4.69, 9.17) is 4.74 Å². The highest BCUT2D eigenvalue weighted by molar-refractivity contribution is 5.94. The predicted octanol–water partition coefficient (Wildman–Crippen LogP) is 1.43. The molecule has 0 bridgehead atoms. The molecule has 0 spiro atoms. The second kappa shape index (κ2) is 8.14. The van der Waals surface area contributed by atoms with Gasteiger partial charge in [0.1, 0.15) is 6.33 Å². The number of hydrogen-bond acceptors (Lipinski definition) is 6. The first-order valence-corrected chi connectivity index (χ1v) is 9.71. The van der Waals surface area contributed by atoms with Gasteiger partial charge in [-0.2, -0.15) is 0 Å². The number of tetrazole rings is 1. The molecule has 1 amide bonds. The fourth-order valence-electron chi connectivity index (χ4n) is 4.14. The van der Waals surface area contributed by atoms with Crippen molar-refractivity contribution in [1.82, 2.24) is 30.4 Å². The summed E-state index contributed by atoms with van der Waals surface area (Å²) < 4.78 is 7.15. The summed E-state index contributed by atoms with van der Waals surface area (Å²) in [5.74, 6) is -0.0622. The van der Waals surface area contributed by atoms with E-state index in [2.05, 4.69) is 25.7 Å². The molecule has 0 radical (unpaired) electrons. The van der Waals surface area contributed by atoms with E-state index in [-0.39, 0.29) is 11.4 Å². The van der Waals surface area contributed by atoms with Gasteiger partial charge in [0.25, 0.3) is 5.91 Å². The highest BCUT2D eigenvalue weighted by atomic mass is 16.5. The van der Waals surface area contributed by atoms with Crippen molar-refractivity contribution in [2.75, 3.05) is 32.8 Å². The van der Waals surface area contributed by atoms with Crippen molar-refractivity contribution >= 4 is 5.91 Å². The Bertz CT molecular complexity index is 751. The van der Waals surface area contributed by atoms with Crippen molar-refractivity contribution in [1.29, 1.82) is 0 Å². The lowest BCUT2D eigenvalue weighted by Gasteiger charge is -2.48. The quantitative estimate of drug-likeness (QED) is 0.857. The van der Waals surface area contributed by atoms with Crippen LogP contribution in [0.4, 0.5) is 0 Å². The molecule has 27 heavy (non-hydrogen) atoms. The largest absolute Gasteiger partial charge is 0.381 e. The highest BCUT2D eigenvalue weighted by Gasteiger charge is 2.39. The van der Waals surface area contributed by atoms with E-state index in [9.17, 15) is 4.79 Å². The maximum absolute atomic E-state index is 12.8. The normalized spacial score (nSPS) is 20.3. The molecule has 0 saturated carbocycles. The molecule has 2 saturated heterocycles. The molecule has 2 aliphatic heterocycles. The maximum Gasteiger partial charge on any atom is 0.251 e. The number of hydrogen-bond donors (Lipinski definition) is 1. The minimum Gasteiger partial charge on any atom is -0.381 e. The fraction of sp³-hybridized carbons (Fsp3) is 0.579.